The number of carboxylic acids is 2. The fraction of sp³-hybridized carbons (Fsp3) is 0.364. The van der Waals surface area contributed by atoms with Gasteiger partial charge in [0.25, 0.3) is 0 Å². The van der Waals surface area contributed by atoms with E-state index in [9.17, 15) is 9.59 Å². The lowest BCUT2D eigenvalue weighted by Crippen LogP contribution is -2.59. The average Bonchev–Trinajstić information content (AvgIpc) is 2.73. The summed E-state index contributed by atoms with van der Waals surface area (Å²) in [6, 6.07) is 15.8. The molecule has 3 heterocycles. The summed E-state index contributed by atoms with van der Waals surface area (Å²) >= 11 is 0. The van der Waals surface area contributed by atoms with Crippen molar-refractivity contribution in [3.05, 3.63) is 54.6 Å². The minimum Gasteiger partial charge on any atom is -0.478 e. The van der Waals surface area contributed by atoms with Crippen molar-refractivity contribution in [3.8, 4) is 11.3 Å². The van der Waals surface area contributed by atoms with Crippen LogP contribution in [0.15, 0.2) is 54.6 Å². The Bertz CT molecular complexity index is 856. The average molecular weight is 410 g/mol. The normalized spacial score (nSPS) is 21.0. The summed E-state index contributed by atoms with van der Waals surface area (Å²) in [4.78, 5) is 24.1. The third kappa shape index (κ3) is 5.64. The lowest BCUT2D eigenvalue weighted by atomic mass is 9.92. The molecule has 1 aromatic carbocycles. The highest BCUT2D eigenvalue weighted by molar-refractivity contribution is 5.89. The summed E-state index contributed by atoms with van der Waals surface area (Å²) in [5.74, 6) is -1.50. The summed E-state index contributed by atoms with van der Waals surface area (Å²) in [5, 5.41) is 24.5. The highest BCUT2D eigenvalue weighted by Gasteiger charge is 2.35. The van der Waals surface area contributed by atoms with Crippen molar-refractivity contribution in [2.45, 2.75) is 31.3 Å². The van der Waals surface area contributed by atoms with Crippen molar-refractivity contribution in [2.75, 3.05) is 25.0 Å². The van der Waals surface area contributed by atoms with Crippen LogP contribution < -0.4 is 4.90 Å². The van der Waals surface area contributed by atoms with Crippen LogP contribution in [0.3, 0.4) is 0 Å². The van der Waals surface area contributed by atoms with Crippen LogP contribution in [0.2, 0.25) is 0 Å². The molecule has 0 amide bonds. The van der Waals surface area contributed by atoms with Gasteiger partial charge in [-0.3, -0.25) is 4.90 Å². The van der Waals surface area contributed by atoms with Crippen LogP contribution >= 0.6 is 0 Å². The van der Waals surface area contributed by atoms with Gasteiger partial charge in [-0.15, -0.1) is 10.2 Å². The molecule has 0 unspecified atom stereocenters. The predicted molar refractivity (Wildman–Crippen MR) is 113 cm³/mol. The van der Waals surface area contributed by atoms with Gasteiger partial charge in [0.15, 0.2) is 5.82 Å². The predicted octanol–water partition coefficient (Wildman–Crippen LogP) is 2.53. The molecule has 8 nitrogen and oxygen atoms in total. The Morgan fingerprint density at radius 1 is 0.933 bits per heavy atom. The number of piperidine rings is 1. The zero-order valence-corrected chi connectivity index (χ0v) is 16.9. The summed E-state index contributed by atoms with van der Waals surface area (Å²) in [6.07, 6.45) is 5.09. The second-order valence-electron chi connectivity index (χ2n) is 7.46. The highest BCUT2D eigenvalue weighted by atomic mass is 16.4. The number of anilines is 1. The minimum atomic E-state index is -1.26. The van der Waals surface area contributed by atoms with Gasteiger partial charge in [0.05, 0.1) is 5.69 Å². The number of aliphatic carboxylic acids is 2. The van der Waals surface area contributed by atoms with Crippen molar-refractivity contribution < 1.29 is 19.8 Å². The molecule has 2 atom stereocenters. The SMILES string of the molecule is CN1[C@@H]2CCC[C@H]1CN(c1ccc(-c3ccccc3)nn1)C2.O=C(O)/C=C/C(=O)O. The topological polar surface area (TPSA) is 107 Å². The van der Waals surface area contributed by atoms with Gasteiger partial charge in [0.2, 0.25) is 0 Å². The number of aromatic nitrogens is 2. The zero-order valence-electron chi connectivity index (χ0n) is 16.9. The maximum atomic E-state index is 9.55. The number of fused-ring (bicyclic) bond motifs is 2. The Labute approximate surface area is 175 Å². The number of piperazine rings is 1. The lowest BCUT2D eigenvalue weighted by molar-refractivity contribution is -0.134. The standard InChI is InChI=1S/C18H22N4.C4H4O4/c1-21-15-8-5-9-16(21)13-22(12-15)18-11-10-17(19-20-18)14-6-3-2-4-7-14;5-3(6)1-2-4(7)8/h2-4,6-7,10-11,15-16H,5,8-9,12-13H2,1H3;1-2H,(H,5,6)(H,7,8)/b;2-1+/t15-,16+;. The summed E-state index contributed by atoms with van der Waals surface area (Å²) in [7, 11) is 2.27. The van der Waals surface area contributed by atoms with Crippen molar-refractivity contribution in [2.24, 2.45) is 0 Å². The van der Waals surface area contributed by atoms with E-state index in [1.165, 1.54) is 19.3 Å². The van der Waals surface area contributed by atoms with Gasteiger partial charge >= 0.3 is 11.9 Å². The fourth-order valence-corrected chi connectivity index (χ4v) is 3.90. The molecule has 2 bridgehead atoms. The Kier molecular flexibility index (Phi) is 7.13. The molecule has 2 aliphatic rings. The first-order chi connectivity index (χ1) is 14.4. The van der Waals surface area contributed by atoms with E-state index in [-0.39, 0.29) is 0 Å². The maximum Gasteiger partial charge on any atom is 0.328 e. The van der Waals surface area contributed by atoms with Crippen LogP contribution in [-0.2, 0) is 9.59 Å². The summed E-state index contributed by atoms with van der Waals surface area (Å²) in [5.41, 5.74) is 2.07. The Morgan fingerprint density at radius 2 is 1.53 bits per heavy atom. The molecular weight excluding hydrogens is 384 g/mol. The van der Waals surface area contributed by atoms with Crippen molar-refractivity contribution in [3.63, 3.8) is 0 Å². The lowest BCUT2D eigenvalue weighted by Gasteiger charge is -2.48. The fourth-order valence-electron chi connectivity index (χ4n) is 3.90. The molecule has 8 heteroatoms. The quantitative estimate of drug-likeness (QED) is 0.741. The van der Waals surface area contributed by atoms with Gasteiger partial charge in [-0.2, -0.15) is 0 Å². The number of carboxylic acid groups (broad SMARTS) is 2. The first kappa shape index (κ1) is 21.4. The first-order valence-electron chi connectivity index (χ1n) is 9.94. The van der Waals surface area contributed by atoms with Crippen LogP contribution in [0.25, 0.3) is 11.3 Å². The smallest absolute Gasteiger partial charge is 0.328 e. The van der Waals surface area contributed by atoms with Crippen LogP contribution in [0.4, 0.5) is 5.82 Å². The van der Waals surface area contributed by atoms with Gasteiger partial charge in [-0.25, -0.2) is 9.59 Å². The Hall–Kier alpha value is -3.26. The third-order valence-electron chi connectivity index (χ3n) is 5.50. The van der Waals surface area contributed by atoms with E-state index in [1.54, 1.807) is 0 Å². The first-order valence-corrected chi connectivity index (χ1v) is 9.94. The second kappa shape index (κ2) is 9.98. The van der Waals surface area contributed by atoms with Crippen LogP contribution in [0.1, 0.15) is 19.3 Å². The van der Waals surface area contributed by atoms with Crippen LogP contribution in [-0.4, -0.2) is 69.5 Å². The molecule has 2 aliphatic heterocycles. The third-order valence-corrected chi connectivity index (χ3v) is 5.50. The van der Waals surface area contributed by atoms with Gasteiger partial charge in [-0.1, -0.05) is 36.8 Å². The van der Waals surface area contributed by atoms with Crippen LogP contribution in [0.5, 0.6) is 0 Å². The maximum absolute atomic E-state index is 9.55. The molecule has 158 valence electrons. The van der Waals surface area contributed by atoms with E-state index < -0.39 is 11.9 Å². The van der Waals surface area contributed by atoms with E-state index in [4.69, 9.17) is 10.2 Å². The molecule has 0 radical (unpaired) electrons. The van der Waals surface area contributed by atoms with Gasteiger partial charge in [-0.05, 0) is 32.0 Å². The number of hydrogen-bond donors (Lipinski definition) is 2. The number of rotatable bonds is 4. The van der Waals surface area contributed by atoms with Gasteiger partial charge < -0.3 is 15.1 Å². The van der Waals surface area contributed by atoms with Crippen molar-refractivity contribution in [1.82, 2.24) is 15.1 Å². The molecule has 4 rings (SSSR count). The zero-order chi connectivity index (χ0) is 21.5. The van der Waals surface area contributed by atoms with Gasteiger partial charge in [0, 0.05) is 42.9 Å². The molecule has 2 fully saturated rings. The van der Waals surface area contributed by atoms with Gasteiger partial charge in [0.1, 0.15) is 0 Å². The van der Waals surface area contributed by atoms with E-state index >= 15 is 0 Å². The van der Waals surface area contributed by atoms with E-state index in [1.807, 2.05) is 18.2 Å². The summed E-state index contributed by atoms with van der Waals surface area (Å²) in [6.45, 7) is 2.15. The Balaban J connectivity index is 0.000000275. The molecule has 0 spiro atoms. The number of carbonyl (C=O) groups is 2. The van der Waals surface area contributed by atoms with E-state index in [2.05, 4.69) is 51.3 Å². The molecular formula is C22H26N4O4. The molecule has 0 aliphatic carbocycles. The van der Waals surface area contributed by atoms with E-state index in [0.29, 0.717) is 24.2 Å². The van der Waals surface area contributed by atoms with Crippen LogP contribution in [0, 0.1) is 0 Å². The monoisotopic (exact) mass is 410 g/mol. The minimum absolute atomic E-state index is 0.558. The second-order valence-corrected chi connectivity index (χ2v) is 7.46. The molecule has 1 aromatic heterocycles. The summed E-state index contributed by atoms with van der Waals surface area (Å²) < 4.78 is 0. The molecule has 0 saturated carbocycles. The number of hydrogen-bond acceptors (Lipinski definition) is 6. The number of nitrogens with zero attached hydrogens (tertiary/aromatic N) is 4. The molecule has 2 aromatic rings. The largest absolute Gasteiger partial charge is 0.478 e. The van der Waals surface area contributed by atoms with Crippen molar-refractivity contribution >= 4 is 17.8 Å². The molecule has 2 N–H and O–H groups in total. The highest BCUT2D eigenvalue weighted by Crippen LogP contribution is 2.29. The Morgan fingerprint density at radius 3 is 2.03 bits per heavy atom. The molecule has 2 saturated heterocycles. The number of likely N-dealkylation sites (N-methyl/N-ethyl adjacent to an activating group) is 1. The van der Waals surface area contributed by atoms with Crippen molar-refractivity contribution in [1.29, 1.82) is 0 Å². The number of benzene rings is 1. The molecule has 30 heavy (non-hydrogen) atoms. The van der Waals surface area contributed by atoms with E-state index in [0.717, 1.165) is 30.2 Å².